The highest BCUT2D eigenvalue weighted by atomic mass is 127. The molecule has 0 amide bonds. The van der Waals surface area contributed by atoms with Crippen LogP contribution in [0.5, 0.6) is 0 Å². The molecule has 0 radical (unpaired) electrons. The number of hydrogen-bond donors (Lipinski definition) is 0. The fourth-order valence-electron chi connectivity index (χ4n) is 1.13. The molecular formula is C8H5ClINS. The Hall–Kier alpha value is 0.130. The zero-order valence-electron chi connectivity index (χ0n) is 6.27. The summed E-state index contributed by atoms with van der Waals surface area (Å²) < 4.78 is 2.23. The highest BCUT2D eigenvalue weighted by Crippen LogP contribution is 2.28. The lowest BCUT2D eigenvalue weighted by Crippen LogP contribution is -1.76. The molecule has 2 rings (SSSR count). The van der Waals surface area contributed by atoms with Crippen LogP contribution >= 0.6 is 45.5 Å². The van der Waals surface area contributed by atoms with Crippen molar-refractivity contribution in [2.45, 2.75) is 6.92 Å². The van der Waals surface area contributed by atoms with E-state index in [9.17, 15) is 0 Å². The Labute approximate surface area is 92.9 Å². The second kappa shape index (κ2) is 3.12. The van der Waals surface area contributed by atoms with Gasteiger partial charge in [-0.15, -0.1) is 11.3 Å². The molecule has 62 valence electrons. The summed E-state index contributed by atoms with van der Waals surface area (Å²) in [5.74, 6) is 0. The second-order valence-corrected chi connectivity index (χ2v) is 5.76. The summed E-state index contributed by atoms with van der Waals surface area (Å²) in [6, 6.07) is 3.91. The number of halogens is 2. The lowest BCUT2D eigenvalue weighted by molar-refractivity contribution is 1.39. The van der Waals surface area contributed by atoms with Gasteiger partial charge < -0.3 is 0 Å². The molecular weight excluding hydrogens is 305 g/mol. The van der Waals surface area contributed by atoms with Crippen molar-refractivity contribution in [1.29, 1.82) is 0 Å². The molecule has 0 aliphatic rings. The van der Waals surface area contributed by atoms with Gasteiger partial charge in [0.1, 0.15) is 0 Å². The molecule has 0 fully saturated rings. The van der Waals surface area contributed by atoms with Crippen molar-refractivity contribution in [2.24, 2.45) is 0 Å². The average Bonchev–Trinajstić information content (AvgIpc) is 2.29. The molecule has 0 bridgehead atoms. The van der Waals surface area contributed by atoms with E-state index in [1.54, 1.807) is 11.3 Å². The van der Waals surface area contributed by atoms with Gasteiger partial charge in [-0.25, -0.2) is 4.98 Å². The molecule has 1 nitrogen and oxygen atoms in total. The van der Waals surface area contributed by atoms with Crippen molar-refractivity contribution in [3.8, 4) is 0 Å². The normalized spacial score (nSPS) is 10.9. The van der Waals surface area contributed by atoms with Crippen LogP contribution in [0.3, 0.4) is 0 Å². The molecule has 0 aliphatic heterocycles. The lowest BCUT2D eigenvalue weighted by Gasteiger charge is -1.94. The molecule has 2 aromatic rings. The lowest BCUT2D eigenvalue weighted by atomic mass is 10.2. The van der Waals surface area contributed by atoms with Crippen LogP contribution in [0.15, 0.2) is 12.1 Å². The van der Waals surface area contributed by atoms with Crippen molar-refractivity contribution in [3.05, 3.63) is 25.7 Å². The van der Waals surface area contributed by atoms with Crippen LogP contribution in [0, 0.1) is 9.94 Å². The van der Waals surface area contributed by atoms with Gasteiger partial charge in [0, 0.05) is 5.02 Å². The third-order valence-corrected chi connectivity index (χ3v) is 3.54. The maximum atomic E-state index is 5.91. The van der Waals surface area contributed by atoms with Crippen molar-refractivity contribution in [3.63, 3.8) is 0 Å². The quantitative estimate of drug-likeness (QED) is 0.673. The van der Waals surface area contributed by atoms with E-state index < -0.39 is 0 Å². The first-order valence-corrected chi connectivity index (χ1v) is 5.66. The molecule has 0 N–H and O–H groups in total. The molecule has 0 unspecified atom stereocenters. The number of nitrogens with zero attached hydrogens (tertiary/aromatic N) is 1. The number of aromatic nitrogens is 1. The number of benzene rings is 1. The van der Waals surface area contributed by atoms with E-state index >= 15 is 0 Å². The molecule has 0 saturated carbocycles. The summed E-state index contributed by atoms with van der Waals surface area (Å²) in [7, 11) is 0. The largest absolute Gasteiger partial charge is 0.230 e. The van der Waals surface area contributed by atoms with Crippen LogP contribution in [-0.2, 0) is 0 Å². The summed E-state index contributed by atoms with van der Waals surface area (Å²) >= 11 is 9.81. The average molecular weight is 310 g/mol. The predicted octanol–water partition coefficient (Wildman–Crippen LogP) is 3.86. The minimum absolute atomic E-state index is 0.792. The SMILES string of the molecule is Cc1cc(Cl)cc2sc(I)nc12. The number of rotatable bonds is 0. The maximum Gasteiger partial charge on any atom is 0.155 e. The van der Waals surface area contributed by atoms with Crippen LogP contribution in [0.2, 0.25) is 5.02 Å². The smallest absolute Gasteiger partial charge is 0.155 e. The first-order valence-electron chi connectivity index (χ1n) is 3.39. The molecule has 1 heterocycles. The Balaban J connectivity index is 2.88. The Morgan fingerprint density at radius 1 is 1.50 bits per heavy atom. The fraction of sp³-hybridized carbons (Fsp3) is 0.125. The standard InChI is InChI=1S/C8H5ClINS/c1-4-2-5(9)3-6-7(4)11-8(10)12-6/h2-3H,1H3. The molecule has 0 spiro atoms. The van der Waals surface area contributed by atoms with Crippen molar-refractivity contribution in [1.82, 2.24) is 4.98 Å². The first kappa shape index (κ1) is 8.72. The van der Waals surface area contributed by atoms with Crippen molar-refractivity contribution < 1.29 is 0 Å². The minimum Gasteiger partial charge on any atom is -0.230 e. The van der Waals surface area contributed by atoms with Crippen LogP contribution in [0.25, 0.3) is 10.2 Å². The summed E-state index contributed by atoms with van der Waals surface area (Å²) in [5, 5.41) is 0.792. The van der Waals surface area contributed by atoms with Crippen molar-refractivity contribution in [2.75, 3.05) is 0 Å². The van der Waals surface area contributed by atoms with E-state index in [-0.39, 0.29) is 0 Å². The van der Waals surface area contributed by atoms with Gasteiger partial charge in [0.15, 0.2) is 3.01 Å². The van der Waals surface area contributed by atoms with E-state index in [1.807, 2.05) is 19.1 Å². The Morgan fingerprint density at radius 2 is 2.25 bits per heavy atom. The molecule has 4 heteroatoms. The van der Waals surface area contributed by atoms with Gasteiger partial charge in [0.05, 0.1) is 10.2 Å². The zero-order chi connectivity index (χ0) is 8.72. The number of aryl methyl sites for hydroxylation is 1. The van der Waals surface area contributed by atoms with E-state index in [2.05, 4.69) is 27.6 Å². The second-order valence-electron chi connectivity index (χ2n) is 2.54. The van der Waals surface area contributed by atoms with Crippen LogP contribution in [0.4, 0.5) is 0 Å². The molecule has 0 aliphatic carbocycles. The van der Waals surface area contributed by atoms with Gasteiger partial charge in [0.25, 0.3) is 0 Å². The zero-order valence-corrected chi connectivity index (χ0v) is 10.00. The Kier molecular flexibility index (Phi) is 2.27. The Bertz CT molecular complexity index is 438. The van der Waals surface area contributed by atoms with Crippen LogP contribution in [0.1, 0.15) is 5.56 Å². The molecule has 1 aromatic heterocycles. The van der Waals surface area contributed by atoms with Crippen LogP contribution in [-0.4, -0.2) is 4.98 Å². The topological polar surface area (TPSA) is 12.9 Å². The van der Waals surface area contributed by atoms with Gasteiger partial charge in [-0.3, -0.25) is 0 Å². The van der Waals surface area contributed by atoms with Gasteiger partial charge in [-0.1, -0.05) is 11.6 Å². The van der Waals surface area contributed by atoms with Crippen LogP contribution < -0.4 is 0 Å². The van der Waals surface area contributed by atoms with Gasteiger partial charge >= 0.3 is 0 Å². The van der Waals surface area contributed by atoms with Gasteiger partial charge in [-0.05, 0) is 47.2 Å². The first-order chi connectivity index (χ1) is 5.66. The van der Waals surface area contributed by atoms with Gasteiger partial charge in [0.2, 0.25) is 0 Å². The molecule has 1 aromatic carbocycles. The minimum atomic E-state index is 0.792. The maximum absolute atomic E-state index is 5.91. The summed E-state index contributed by atoms with van der Waals surface area (Å²) in [6.45, 7) is 2.03. The fourth-order valence-corrected chi connectivity index (χ4v) is 3.23. The van der Waals surface area contributed by atoms with E-state index in [0.717, 1.165) is 19.1 Å². The summed E-state index contributed by atoms with van der Waals surface area (Å²) in [4.78, 5) is 4.40. The predicted molar refractivity (Wildman–Crippen MR) is 62.1 cm³/mol. The highest BCUT2D eigenvalue weighted by Gasteiger charge is 2.04. The highest BCUT2D eigenvalue weighted by molar-refractivity contribution is 14.1. The van der Waals surface area contributed by atoms with E-state index in [1.165, 1.54) is 4.70 Å². The molecule has 12 heavy (non-hydrogen) atoms. The summed E-state index contributed by atoms with van der Waals surface area (Å²) in [6.07, 6.45) is 0. The number of fused-ring (bicyclic) bond motifs is 1. The summed E-state index contributed by atoms with van der Waals surface area (Å²) in [5.41, 5.74) is 2.23. The van der Waals surface area contributed by atoms with E-state index in [0.29, 0.717) is 0 Å². The number of thiazole rings is 1. The third-order valence-electron chi connectivity index (χ3n) is 1.62. The number of hydrogen-bond acceptors (Lipinski definition) is 2. The van der Waals surface area contributed by atoms with Gasteiger partial charge in [-0.2, -0.15) is 0 Å². The van der Waals surface area contributed by atoms with Crippen molar-refractivity contribution >= 4 is 55.7 Å². The molecule has 0 saturated heterocycles. The third kappa shape index (κ3) is 1.45. The molecule has 0 atom stereocenters. The monoisotopic (exact) mass is 309 g/mol. The van der Waals surface area contributed by atoms with E-state index in [4.69, 9.17) is 11.6 Å². The Morgan fingerprint density at radius 3 is 3.00 bits per heavy atom.